The van der Waals surface area contributed by atoms with Crippen LogP contribution in [0.1, 0.15) is 119 Å². The highest BCUT2D eigenvalue weighted by atomic mass is 16.6. The SMILES string of the molecule is CO[C@@H](C[C@@H]1CC[C@@H](C)[C@](O)(C(=O)C(=O)N2CCCC[C@H]2C(=O)O)O1)/C(C)=C/C=C/C=C/[C@@H](C)C[C@@H](C)C(=O)[C@H](OC)[C@H](O)/C(C)=C/[C@@H](C)C(=O)/C=C\[C@H](C)C[C@@H]1CC[C@@H](OCCO)[C@H](OC)C1. The minimum absolute atomic E-state index is 0.0138. The predicted octanol–water partition coefficient (Wildman–Crippen LogP) is 6.52. The number of carbonyl (C=O) groups excluding carboxylic acids is 4. The van der Waals surface area contributed by atoms with E-state index in [1.165, 1.54) is 7.11 Å². The second-order valence-corrected chi connectivity index (χ2v) is 19.6. The minimum Gasteiger partial charge on any atom is -0.480 e. The van der Waals surface area contributed by atoms with Gasteiger partial charge in [-0.2, -0.15) is 0 Å². The Morgan fingerprint density at radius 3 is 2.22 bits per heavy atom. The summed E-state index contributed by atoms with van der Waals surface area (Å²) in [5, 5.41) is 41.5. The van der Waals surface area contributed by atoms with Crippen molar-refractivity contribution in [1.29, 1.82) is 0 Å². The van der Waals surface area contributed by atoms with E-state index in [0.717, 1.165) is 36.2 Å². The zero-order chi connectivity index (χ0) is 50.7. The van der Waals surface area contributed by atoms with E-state index in [2.05, 4.69) is 6.92 Å². The molecule has 14 atom stereocenters. The van der Waals surface area contributed by atoms with E-state index in [9.17, 15) is 39.3 Å². The molecule has 68 heavy (non-hydrogen) atoms. The predicted molar refractivity (Wildman–Crippen MR) is 258 cm³/mol. The van der Waals surface area contributed by atoms with Gasteiger partial charge in [0.25, 0.3) is 11.7 Å². The van der Waals surface area contributed by atoms with Gasteiger partial charge in [-0.1, -0.05) is 77.2 Å². The smallest absolute Gasteiger partial charge is 0.326 e. The van der Waals surface area contributed by atoms with Gasteiger partial charge in [-0.3, -0.25) is 19.2 Å². The maximum atomic E-state index is 13.6. The Morgan fingerprint density at radius 2 is 1.57 bits per heavy atom. The van der Waals surface area contributed by atoms with Crippen molar-refractivity contribution in [1.82, 2.24) is 4.90 Å². The van der Waals surface area contributed by atoms with Crippen molar-refractivity contribution in [2.24, 2.45) is 35.5 Å². The van der Waals surface area contributed by atoms with Gasteiger partial charge in [0.1, 0.15) is 18.2 Å². The third kappa shape index (κ3) is 17.0. The monoisotopic (exact) mass is 958 g/mol. The number of nitrogens with zero attached hydrogens (tertiary/aromatic N) is 1. The topological polar surface area (TPSA) is 216 Å². The van der Waals surface area contributed by atoms with Gasteiger partial charge in [-0.15, -0.1) is 0 Å². The van der Waals surface area contributed by atoms with Gasteiger partial charge in [0.15, 0.2) is 11.6 Å². The molecule has 0 unspecified atom stereocenters. The third-order valence-electron chi connectivity index (χ3n) is 14.1. The van der Waals surface area contributed by atoms with E-state index in [-0.39, 0.29) is 55.2 Å². The van der Waals surface area contributed by atoms with Crippen LogP contribution in [0, 0.1) is 35.5 Å². The van der Waals surface area contributed by atoms with Crippen molar-refractivity contribution in [2.75, 3.05) is 41.1 Å². The molecule has 0 aromatic heterocycles. The first-order chi connectivity index (χ1) is 32.2. The molecule has 1 aliphatic carbocycles. The molecular formula is C53H83NO14. The number of aliphatic carboxylic acids is 1. The lowest BCUT2D eigenvalue weighted by Crippen LogP contribution is -2.60. The van der Waals surface area contributed by atoms with E-state index < -0.39 is 71.7 Å². The maximum Gasteiger partial charge on any atom is 0.326 e. The average Bonchev–Trinajstić information content (AvgIpc) is 3.32. The van der Waals surface area contributed by atoms with Gasteiger partial charge in [0.2, 0.25) is 5.79 Å². The summed E-state index contributed by atoms with van der Waals surface area (Å²) in [4.78, 5) is 66.2. The number of rotatable bonds is 27. The molecule has 3 fully saturated rings. The normalized spacial score (nSPS) is 28.6. The largest absolute Gasteiger partial charge is 0.480 e. The lowest BCUT2D eigenvalue weighted by Gasteiger charge is -2.42. The molecule has 384 valence electrons. The Kier molecular flexibility index (Phi) is 24.9. The fraction of sp³-hybridized carbons (Fsp3) is 0.717. The number of aliphatic hydroxyl groups excluding tert-OH is 2. The Morgan fingerprint density at radius 1 is 0.853 bits per heavy atom. The Bertz CT molecular complexity index is 1810. The quantitative estimate of drug-likeness (QED) is 0.0299. The number of carboxylic acids is 1. The van der Waals surface area contributed by atoms with Gasteiger partial charge >= 0.3 is 5.97 Å². The molecule has 1 amide bonds. The maximum absolute atomic E-state index is 13.6. The highest BCUT2D eigenvalue weighted by molar-refractivity contribution is 6.39. The highest BCUT2D eigenvalue weighted by Gasteiger charge is 2.52. The van der Waals surface area contributed by atoms with E-state index in [1.807, 2.05) is 57.2 Å². The fourth-order valence-corrected chi connectivity index (χ4v) is 9.86. The molecule has 15 nitrogen and oxygen atoms in total. The average molecular weight is 958 g/mol. The third-order valence-corrected chi connectivity index (χ3v) is 14.1. The summed E-state index contributed by atoms with van der Waals surface area (Å²) in [7, 11) is 4.64. The number of ether oxygens (including phenoxy) is 5. The first-order valence-electron chi connectivity index (χ1n) is 24.7. The molecule has 15 heteroatoms. The van der Waals surface area contributed by atoms with Gasteiger partial charge in [0, 0.05) is 52.0 Å². The van der Waals surface area contributed by atoms with Crippen LogP contribution in [-0.4, -0.2) is 144 Å². The minimum atomic E-state index is -2.38. The summed E-state index contributed by atoms with van der Waals surface area (Å²) >= 11 is 0. The van der Waals surface area contributed by atoms with Crippen LogP contribution in [0.15, 0.2) is 59.8 Å². The van der Waals surface area contributed by atoms with E-state index in [0.29, 0.717) is 56.6 Å². The lowest BCUT2D eigenvalue weighted by atomic mass is 9.80. The number of carbonyl (C=O) groups is 5. The molecule has 2 saturated heterocycles. The first kappa shape index (κ1) is 58.6. The Labute approximate surface area is 405 Å². The summed E-state index contributed by atoms with van der Waals surface area (Å²) in [5.41, 5.74) is 1.35. The Hall–Kier alpha value is -3.67. The van der Waals surface area contributed by atoms with Crippen LogP contribution in [0.3, 0.4) is 0 Å². The van der Waals surface area contributed by atoms with Crippen molar-refractivity contribution >= 4 is 29.2 Å². The molecule has 2 aliphatic heterocycles. The standard InChI is InChI=1S/C53H83NO14/c1-33(16-12-11-13-17-35(3)45(64-8)32-41-22-20-39(7)53(63,68-41)50(59)51(60)54-25-15-14-18-42(54)52(61)62)28-37(5)47(57)49(66-10)48(58)38(6)30-36(4)43(56)23-19-34(2)29-40-21-24-44(67-27-26-55)46(31-40)65-9/h11-13,16-17,19,23,30,33-34,36-37,39-42,44-46,48-49,55,58,63H,14-15,18,20-22,24-29,31-32H2,1-10H3,(H,61,62)/b13-11+,16-12+,23-19-,35-17+,38-30+/t33-,34+,36-,37-,39-,40+,41+,42+,44-,45+,46-,48-,49+,53-/m1/s1. The van der Waals surface area contributed by atoms with E-state index in [1.54, 1.807) is 47.1 Å². The van der Waals surface area contributed by atoms with Crippen molar-refractivity contribution in [3.05, 3.63) is 59.8 Å². The molecule has 0 bridgehead atoms. The Balaban J connectivity index is 1.50. The number of amides is 1. The molecule has 3 rings (SSSR count). The molecule has 4 N–H and O–H groups in total. The van der Waals surface area contributed by atoms with Crippen molar-refractivity contribution in [2.45, 2.75) is 168 Å². The van der Waals surface area contributed by atoms with Crippen LogP contribution in [0.25, 0.3) is 0 Å². The summed E-state index contributed by atoms with van der Waals surface area (Å²) in [5.74, 6) is -7.06. The summed E-state index contributed by atoms with van der Waals surface area (Å²) in [6, 6.07) is -1.12. The van der Waals surface area contributed by atoms with Gasteiger partial charge in [0.05, 0.1) is 37.6 Å². The van der Waals surface area contributed by atoms with E-state index in [4.69, 9.17) is 28.8 Å². The summed E-state index contributed by atoms with van der Waals surface area (Å²) in [6.45, 7) is 13.3. The summed E-state index contributed by atoms with van der Waals surface area (Å²) < 4.78 is 28.7. The second kappa shape index (κ2) is 28.9. The lowest BCUT2D eigenvalue weighted by molar-refractivity contribution is -0.265. The highest BCUT2D eigenvalue weighted by Crippen LogP contribution is 2.37. The van der Waals surface area contributed by atoms with Crippen LogP contribution < -0.4 is 0 Å². The van der Waals surface area contributed by atoms with Crippen LogP contribution in [0.4, 0.5) is 0 Å². The number of ketones is 3. The van der Waals surface area contributed by atoms with Gasteiger partial charge < -0.3 is 49.0 Å². The van der Waals surface area contributed by atoms with Crippen LogP contribution >= 0.6 is 0 Å². The molecule has 0 radical (unpaired) electrons. The van der Waals surface area contributed by atoms with Crippen molar-refractivity contribution in [3.63, 3.8) is 0 Å². The number of aliphatic hydroxyl groups is 3. The zero-order valence-corrected chi connectivity index (χ0v) is 42.3. The zero-order valence-electron chi connectivity index (χ0n) is 42.3. The van der Waals surface area contributed by atoms with Crippen LogP contribution in [0.5, 0.6) is 0 Å². The fourth-order valence-electron chi connectivity index (χ4n) is 9.86. The molecule has 0 spiro atoms. The molecule has 0 aromatic carbocycles. The van der Waals surface area contributed by atoms with Crippen molar-refractivity contribution in [3.8, 4) is 0 Å². The number of carboxylic acid groups (broad SMARTS) is 1. The number of hydrogen-bond donors (Lipinski definition) is 4. The first-order valence-corrected chi connectivity index (χ1v) is 24.7. The number of Topliss-reactive ketones (excluding diaryl/α,β-unsaturated/α-hetero) is 2. The summed E-state index contributed by atoms with van der Waals surface area (Å²) in [6.07, 6.45) is 18.2. The van der Waals surface area contributed by atoms with E-state index >= 15 is 0 Å². The van der Waals surface area contributed by atoms with Gasteiger partial charge in [-0.25, -0.2) is 4.79 Å². The number of piperidine rings is 1. The molecule has 1 saturated carbocycles. The number of methoxy groups -OCH3 is 3. The molecule has 0 aromatic rings. The molecule has 2 heterocycles. The molecule has 3 aliphatic rings. The van der Waals surface area contributed by atoms with Crippen LogP contribution in [0.2, 0.25) is 0 Å². The molecular weight excluding hydrogens is 875 g/mol. The second-order valence-electron chi connectivity index (χ2n) is 19.6. The number of hydrogen-bond acceptors (Lipinski definition) is 13. The van der Waals surface area contributed by atoms with Gasteiger partial charge in [-0.05, 0) is 113 Å². The van der Waals surface area contributed by atoms with Crippen molar-refractivity contribution < 1.29 is 68.1 Å². The number of likely N-dealkylation sites (tertiary alicyclic amines) is 1. The number of allylic oxidation sites excluding steroid dienone is 8. The van der Waals surface area contributed by atoms with Crippen LogP contribution in [-0.2, 0) is 47.7 Å².